The molecule has 63 heavy (non-hydrogen) atoms. The third kappa shape index (κ3) is 6.80. The average molecular weight is 827 g/mol. The Kier molecular flexibility index (Phi) is 9.59. The van der Waals surface area contributed by atoms with Crippen LogP contribution in [-0.4, -0.2) is 14.8 Å². The summed E-state index contributed by atoms with van der Waals surface area (Å²) in [7, 11) is -1.89. The Hall–Kier alpha value is -7.54. The lowest BCUT2D eigenvalue weighted by Gasteiger charge is -2.45. The van der Waals surface area contributed by atoms with Crippen LogP contribution >= 0.6 is 0 Å². The van der Waals surface area contributed by atoms with Crippen LogP contribution < -0.4 is 41.2 Å². The number of para-hydroxylation sites is 6. The molecule has 0 N–H and O–H groups in total. The molecule has 9 aromatic rings. The normalized spacial score (nSPS) is 12.6. The summed E-state index contributed by atoms with van der Waals surface area (Å²) in [5.41, 5.74) is 17.7. The SMILES string of the molecule is C[Si](C)(C)c1cc2c3c(c1)N(c1ccccc1)c1cc(N(c4ccccc4)c4ccccc4)ccc1B3c1ccc(N(c3ccccc3)c3ccccc3)cc1N2c1ccccc1. The van der Waals surface area contributed by atoms with E-state index in [0.29, 0.717) is 0 Å². The van der Waals surface area contributed by atoms with Crippen LogP contribution in [0.25, 0.3) is 0 Å². The van der Waals surface area contributed by atoms with E-state index in [1.165, 1.54) is 44.3 Å². The highest BCUT2D eigenvalue weighted by atomic mass is 28.3. The molecular formula is C57H47BN4Si. The fourth-order valence-corrected chi connectivity index (χ4v) is 10.7. The minimum absolute atomic E-state index is 0.0255. The topological polar surface area (TPSA) is 13.0 Å². The lowest BCUT2D eigenvalue weighted by atomic mass is 9.33. The van der Waals surface area contributed by atoms with Gasteiger partial charge in [0.15, 0.2) is 0 Å². The van der Waals surface area contributed by atoms with E-state index >= 15 is 0 Å². The lowest BCUT2D eigenvalue weighted by Crippen LogP contribution is -2.62. The largest absolute Gasteiger partial charge is 0.311 e. The smallest absolute Gasteiger partial charge is 0.252 e. The molecule has 302 valence electrons. The Labute approximate surface area is 372 Å². The van der Waals surface area contributed by atoms with Crippen LogP contribution in [0, 0.1) is 0 Å². The monoisotopic (exact) mass is 826 g/mol. The number of fused-ring (bicyclic) bond motifs is 4. The van der Waals surface area contributed by atoms with Gasteiger partial charge < -0.3 is 19.6 Å². The first-order chi connectivity index (χ1) is 30.9. The van der Waals surface area contributed by atoms with Gasteiger partial charge in [-0.05, 0) is 126 Å². The van der Waals surface area contributed by atoms with Gasteiger partial charge in [-0.1, -0.05) is 146 Å². The van der Waals surface area contributed by atoms with Gasteiger partial charge in [0, 0.05) is 68.2 Å². The molecule has 2 aliphatic rings. The van der Waals surface area contributed by atoms with Crippen LogP contribution in [-0.2, 0) is 0 Å². The Morgan fingerprint density at radius 2 is 0.651 bits per heavy atom. The highest BCUT2D eigenvalue weighted by Gasteiger charge is 2.44. The minimum Gasteiger partial charge on any atom is -0.311 e. The van der Waals surface area contributed by atoms with E-state index in [-0.39, 0.29) is 6.71 Å². The molecule has 0 saturated carbocycles. The molecule has 4 nitrogen and oxygen atoms in total. The Bertz CT molecular complexity index is 2770. The zero-order chi connectivity index (χ0) is 42.5. The molecule has 0 aliphatic carbocycles. The number of anilines is 12. The number of hydrogen-bond acceptors (Lipinski definition) is 4. The summed E-state index contributed by atoms with van der Waals surface area (Å²) in [5.74, 6) is 0. The van der Waals surface area contributed by atoms with Crippen molar-refractivity contribution in [1.82, 2.24) is 0 Å². The molecule has 2 heterocycles. The molecule has 2 aliphatic heterocycles. The number of hydrogen-bond donors (Lipinski definition) is 0. The zero-order valence-corrected chi connectivity index (χ0v) is 36.8. The summed E-state index contributed by atoms with van der Waals surface area (Å²) >= 11 is 0. The van der Waals surface area contributed by atoms with Gasteiger partial charge in [0.25, 0.3) is 6.71 Å². The third-order valence-electron chi connectivity index (χ3n) is 12.5. The van der Waals surface area contributed by atoms with Crippen LogP contribution in [0.1, 0.15) is 0 Å². The molecule has 0 spiro atoms. The van der Waals surface area contributed by atoms with Crippen molar-refractivity contribution in [1.29, 1.82) is 0 Å². The molecule has 0 saturated heterocycles. The molecule has 0 atom stereocenters. The van der Waals surface area contributed by atoms with Gasteiger partial charge in [-0.3, -0.25) is 0 Å². The van der Waals surface area contributed by atoms with Crippen molar-refractivity contribution in [3.05, 3.63) is 231 Å². The molecule has 0 unspecified atom stereocenters. The van der Waals surface area contributed by atoms with Gasteiger partial charge in [-0.25, -0.2) is 0 Å². The van der Waals surface area contributed by atoms with Gasteiger partial charge in [0.1, 0.15) is 0 Å². The second-order valence-electron chi connectivity index (χ2n) is 17.5. The summed E-state index contributed by atoms with van der Waals surface area (Å²) in [6, 6.07) is 84.2. The minimum atomic E-state index is -1.89. The van der Waals surface area contributed by atoms with Crippen molar-refractivity contribution in [3.8, 4) is 0 Å². The highest BCUT2D eigenvalue weighted by molar-refractivity contribution is 7.00. The first-order valence-corrected chi connectivity index (χ1v) is 25.4. The fraction of sp³-hybridized carbons (Fsp3) is 0.0526. The number of nitrogens with zero attached hydrogens (tertiary/aromatic N) is 4. The maximum atomic E-state index is 2.54. The molecule has 0 fully saturated rings. The number of benzene rings is 9. The summed E-state index contributed by atoms with van der Waals surface area (Å²) in [6.07, 6.45) is 0. The van der Waals surface area contributed by atoms with Crippen molar-refractivity contribution in [3.63, 3.8) is 0 Å². The molecule has 6 heteroatoms. The van der Waals surface area contributed by atoms with Crippen molar-refractivity contribution in [2.75, 3.05) is 19.6 Å². The number of rotatable bonds is 9. The second kappa shape index (κ2) is 15.7. The first kappa shape index (κ1) is 38.4. The summed E-state index contributed by atoms with van der Waals surface area (Å²) < 4.78 is 0. The Morgan fingerprint density at radius 3 is 0.968 bits per heavy atom. The van der Waals surface area contributed by atoms with Crippen molar-refractivity contribution < 1.29 is 0 Å². The molecular weight excluding hydrogens is 780 g/mol. The van der Waals surface area contributed by atoms with Crippen LogP contribution in [0.15, 0.2) is 231 Å². The van der Waals surface area contributed by atoms with Crippen molar-refractivity contribution in [2.45, 2.75) is 19.6 Å². The summed E-state index contributed by atoms with van der Waals surface area (Å²) in [4.78, 5) is 9.84. The van der Waals surface area contributed by atoms with E-state index in [4.69, 9.17) is 0 Å². The average Bonchev–Trinajstić information content (AvgIpc) is 3.33. The second-order valence-corrected chi connectivity index (χ2v) is 22.5. The summed E-state index contributed by atoms with van der Waals surface area (Å²) in [5, 5.41) is 1.42. The summed E-state index contributed by atoms with van der Waals surface area (Å²) in [6.45, 7) is 7.38. The molecule has 0 bridgehead atoms. The van der Waals surface area contributed by atoms with Gasteiger partial charge in [-0.15, -0.1) is 0 Å². The predicted octanol–water partition coefficient (Wildman–Crippen LogP) is 13.3. The van der Waals surface area contributed by atoms with E-state index < -0.39 is 8.07 Å². The van der Waals surface area contributed by atoms with Gasteiger partial charge >= 0.3 is 0 Å². The van der Waals surface area contributed by atoms with Gasteiger partial charge in [0.05, 0.1) is 8.07 Å². The quantitative estimate of drug-likeness (QED) is 0.134. The zero-order valence-electron chi connectivity index (χ0n) is 35.8. The van der Waals surface area contributed by atoms with Gasteiger partial charge in [0.2, 0.25) is 0 Å². The maximum Gasteiger partial charge on any atom is 0.252 e. The molecule has 11 rings (SSSR count). The van der Waals surface area contributed by atoms with Crippen molar-refractivity contribution >= 4 is 105 Å². The lowest BCUT2D eigenvalue weighted by molar-refractivity contribution is 1.23. The Balaban J connectivity index is 1.21. The van der Waals surface area contributed by atoms with Gasteiger partial charge in [-0.2, -0.15) is 0 Å². The third-order valence-corrected chi connectivity index (χ3v) is 14.5. The molecule has 0 aromatic heterocycles. The fourth-order valence-electron chi connectivity index (χ4n) is 9.59. The van der Waals surface area contributed by atoms with E-state index in [0.717, 1.165) is 45.5 Å². The first-order valence-electron chi connectivity index (χ1n) is 21.9. The van der Waals surface area contributed by atoms with E-state index in [1.54, 1.807) is 0 Å². The van der Waals surface area contributed by atoms with Crippen LogP contribution in [0.2, 0.25) is 19.6 Å². The van der Waals surface area contributed by atoms with Crippen LogP contribution in [0.5, 0.6) is 0 Å². The predicted molar refractivity (Wildman–Crippen MR) is 273 cm³/mol. The van der Waals surface area contributed by atoms with E-state index in [2.05, 4.69) is 270 Å². The molecule has 0 amide bonds. The van der Waals surface area contributed by atoms with E-state index in [9.17, 15) is 0 Å². The highest BCUT2D eigenvalue weighted by Crippen LogP contribution is 2.47. The Morgan fingerprint density at radius 1 is 0.333 bits per heavy atom. The van der Waals surface area contributed by atoms with Crippen LogP contribution in [0.4, 0.5) is 68.2 Å². The molecule has 9 aromatic carbocycles. The maximum absolute atomic E-state index is 2.54. The van der Waals surface area contributed by atoms with E-state index in [1.807, 2.05) is 0 Å². The molecule has 0 radical (unpaired) electrons. The van der Waals surface area contributed by atoms with Crippen LogP contribution in [0.3, 0.4) is 0 Å². The van der Waals surface area contributed by atoms with Crippen molar-refractivity contribution in [2.24, 2.45) is 0 Å². The standard InChI is InChI=1S/C57H47BN4Si/c1-63(2,3)50-40-55-57-56(41-50)62(47-32-20-9-21-33-47)54-39-49(60(44-26-14-6-15-27-44)45-28-16-7-17-29-45)35-37-52(54)58(57)51-36-34-48(38-53(51)61(55)46-30-18-8-19-31-46)59(42-22-10-4-11-23-42)43-24-12-5-13-25-43/h4-41H,1-3H3.